The lowest BCUT2D eigenvalue weighted by Crippen LogP contribution is -2.09. The molecule has 0 aliphatic carbocycles. The van der Waals surface area contributed by atoms with Crippen LogP contribution in [0.1, 0.15) is 52.1 Å². The van der Waals surface area contributed by atoms with Gasteiger partial charge in [0.05, 0.1) is 26.4 Å². The number of methoxy groups -OCH3 is 4. The number of allylic oxidation sites excluding steroid dienone is 3. The summed E-state index contributed by atoms with van der Waals surface area (Å²) in [5.41, 5.74) is 4.78. The van der Waals surface area contributed by atoms with Gasteiger partial charge in [0.2, 0.25) is 0 Å². The van der Waals surface area contributed by atoms with Crippen molar-refractivity contribution in [2.24, 2.45) is 0 Å². The molecule has 0 heterocycles. The van der Waals surface area contributed by atoms with Gasteiger partial charge in [-0.2, -0.15) is 0 Å². The van der Waals surface area contributed by atoms with E-state index in [9.17, 15) is 25.5 Å². The number of aliphatic hydroxyl groups is 3. The van der Waals surface area contributed by atoms with Gasteiger partial charge in [0, 0.05) is 69.8 Å². The Morgan fingerprint density at radius 1 is 0.750 bits per heavy atom. The van der Waals surface area contributed by atoms with Crippen LogP contribution in [0.4, 0.5) is 0 Å². The summed E-state index contributed by atoms with van der Waals surface area (Å²) >= 11 is 0. The number of phenolic OH excluding ortho intramolecular Hbond substituents is 2. The Bertz CT molecular complexity index is 1060. The van der Waals surface area contributed by atoms with Gasteiger partial charge < -0.3 is 44.5 Å². The van der Waals surface area contributed by atoms with Crippen molar-refractivity contribution in [3.8, 4) is 11.5 Å². The maximum absolute atomic E-state index is 10.9. The van der Waals surface area contributed by atoms with Crippen molar-refractivity contribution in [3.05, 3.63) is 93.3 Å². The van der Waals surface area contributed by atoms with Gasteiger partial charge in [0.1, 0.15) is 17.3 Å². The predicted molar refractivity (Wildman–Crippen MR) is 152 cm³/mol. The van der Waals surface area contributed by atoms with Gasteiger partial charge in [-0.05, 0) is 65.5 Å². The number of aliphatic hydroxyl groups excluding tert-OH is 3. The summed E-state index contributed by atoms with van der Waals surface area (Å²) in [5, 5.41) is 51.2. The van der Waals surface area contributed by atoms with E-state index in [1.54, 1.807) is 6.08 Å². The lowest BCUT2D eigenvalue weighted by Gasteiger charge is -2.24. The zero-order chi connectivity index (χ0) is 29.7. The average Bonchev–Trinajstić information content (AvgIpc) is 2.92. The highest BCUT2D eigenvalue weighted by Crippen LogP contribution is 2.40. The molecule has 9 heteroatoms. The highest BCUT2D eigenvalue weighted by molar-refractivity contribution is 5.55. The van der Waals surface area contributed by atoms with Crippen molar-refractivity contribution in [1.82, 2.24) is 0 Å². The molecule has 0 spiro atoms. The summed E-state index contributed by atoms with van der Waals surface area (Å²) < 4.78 is 21.3. The second kappa shape index (κ2) is 16.8. The summed E-state index contributed by atoms with van der Waals surface area (Å²) in [6.07, 6.45) is 3.62. The van der Waals surface area contributed by atoms with Gasteiger partial charge in [0.25, 0.3) is 0 Å². The Kier molecular flexibility index (Phi) is 13.9. The minimum absolute atomic E-state index is 0.0558. The SMILES string of the molecule is C=C(/C=C(CCO)\C(O)=C\CCO)C(c1cc(COC)c(O)c(COC)c1)c1cc(COC)c(O)c(COC)c1. The van der Waals surface area contributed by atoms with Gasteiger partial charge in [-0.15, -0.1) is 0 Å². The molecule has 0 unspecified atom stereocenters. The van der Waals surface area contributed by atoms with Crippen LogP contribution in [0.25, 0.3) is 0 Å². The zero-order valence-electron chi connectivity index (χ0n) is 23.8. The highest BCUT2D eigenvalue weighted by Gasteiger charge is 2.24. The second-order valence-electron chi connectivity index (χ2n) is 9.36. The van der Waals surface area contributed by atoms with E-state index in [2.05, 4.69) is 6.58 Å². The van der Waals surface area contributed by atoms with Crippen molar-refractivity contribution in [3.63, 3.8) is 0 Å². The number of ether oxygens (including phenoxy) is 4. The fraction of sp³-hybridized carbons (Fsp3) is 0.419. The normalized spacial score (nSPS) is 12.4. The molecule has 0 bridgehead atoms. The molecule has 0 aromatic heterocycles. The zero-order valence-corrected chi connectivity index (χ0v) is 23.8. The van der Waals surface area contributed by atoms with Crippen molar-refractivity contribution < 1.29 is 44.5 Å². The maximum atomic E-state index is 10.9. The number of hydrogen-bond donors (Lipinski definition) is 5. The van der Waals surface area contributed by atoms with E-state index >= 15 is 0 Å². The third-order valence-electron chi connectivity index (χ3n) is 6.35. The lowest BCUT2D eigenvalue weighted by molar-refractivity contribution is 0.174. The standard InChI is InChI=1S/C31H42O9/c1-20(11-21(8-10-33)28(34)7-6-9-32)29(22-12-24(16-37-2)30(35)25(13-22)17-38-3)23-14-26(18-39-4)31(36)27(15-23)19-40-5/h7,11-15,29,32-36H,1,6,8-10,16-19H2,2-5H3/b21-11-,28-7-. The number of aromatic hydroxyl groups is 2. The van der Waals surface area contributed by atoms with Crippen LogP contribution in [0.2, 0.25) is 0 Å². The van der Waals surface area contributed by atoms with E-state index < -0.39 is 5.92 Å². The molecule has 220 valence electrons. The number of benzene rings is 2. The molecule has 0 fully saturated rings. The van der Waals surface area contributed by atoms with Crippen LogP contribution in [0.3, 0.4) is 0 Å². The van der Waals surface area contributed by atoms with Crippen molar-refractivity contribution >= 4 is 0 Å². The van der Waals surface area contributed by atoms with Gasteiger partial charge >= 0.3 is 0 Å². The Labute approximate surface area is 236 Å². The van der Waals surface area contributed by atoms with E-state index in [0.717, 1.165) is 11.1 Å². The molecular formula is C31H42O9. The van der Waals surface area contributed by atoms with E-state index in [1.807, 2.05) is 24.3 Å². The number of phenols is 2. The van der Waals surface area contributed by atoms with Crippen molar-refractivity contribution in [1.29, 1.82) is 0 Å². The Balaban J connectivity index is 2.88. The third kappa shape index (κ3) is 8.66. The molecule has 0 saturated heterocycles. The van der Waals surface area contributed by atoms with E-state index in [1.165, 1.54) is 34.5 Å². The molecule has 0 aliphatic heterocycles. The van der Waals surface area contributed by atoms with E-state index in [0.29, 0.717) is 33.4 Å². The van der Waals surface area contributed by atoms with Crippen LogP contribution < -0.4 is 0 Å². The Morgan fingerprint density at radius 2 is 1.15 bits per heavy atom. The largest absolute Gasteiger partial charge is 0.508 e. The summed E-state index contributed by atoms with van der Waals surface area (Å²) in [7, 11) is 6.16. The fourth-order valence-corrected chi connectivity index (χ4v) is 4.62. The lowest BCUT2D eigenvalue weighted by atomic mass is 9.81. The molecule has 0 atom stereocenters. The third-order valence-corrected chi connectivity index (χ3v) is 6.35. The first kappa shape index (κ1) is 33.0. The molecule has 2 rings (SSSR count). The van der Waals surface area contributed by atoms with Crippen LogP contribution in [0.5, 0.6) is 11.5 Å². The Morgan fingerprint density at radius 3 is 1.48 bits per heavy atom. The van der Waals surface area contributed by atoms with Crippen molar-refractivity contribution in [2.75, 3.05) is 41.7 Å². The number of hydrogen-bond acceptors (Lipinski definition) is 9. The van der Waals surface area contributed by atoms with Gasteiger partial charge in [-0.3, -0.25) is 0 Å². The fourth-order valence-electron chi connectivity index (χ4n) is 4.62. The van der Waals surface area contributed by atoms with Crippen molar-refractivity contribution in [2.45, 2.75) is 45.2 Å². The van der Waals surface area contributed by atoms with E-state index in [-0.39, 0.29) is 69.7 Å². The molecule has 0 radical (unpaired) electrons. The molecular weight excluding hydrogens is 516 g/mol. The first-order chi connectivity index (χ1) is 19.3. The van der Waals surface area contributed by atoms with Gasteiger partial charge in [0.15, 0.2) is 0 Å². The summed E-state index contributed by atoms with van der Waals surface area (Å²) in [6.45, 7) is 4.64. The summed E-state index contributed by atoms with van der Waals surface area (Å²) in [6, 6.07) is 7.31. The topological polar surface area (TPSA) is 138 Å². The molecule has 40 heavy (non-hydrogen) atoms. The monoisotopic (exact) mass is 558 g/mol. The van der Waals surface area contributed by atoms with Crippen LogP contribution >= 0.6 is 0 Å². The molecule has 0 saturated carbocycles. The molecule has 2 aromatic rings. The van der Waals surface area contributed by atoms with Crippen LogP contribution in [0, 0.1) is 0 Å². The molecule has 0 amide bonds. The molecule has 5 N–H and O–H groups in total. The minimum atomic E-state index is -0.516. The summed E-state index contributed by atoms with van der Waals surface area (Å²) in [4.78, 5) is 0. The Hall–Kier alpha value is -3.18. The quantitative estimate of drug-likeness (QED) is 0.140. The summed E-state index contributed by atoms with van der Waals surface area (Å²) in [5.74, 6) is -0.426. The van der Waals surface area contributed by atoms with Crippen LogP contribution in [-0.4, -0.2) is 67.2 Å². The predicted octanol–water partition coefficient (Wildman–Crippen LogP) is 4.50. The van der Waals surface area contributed by atoms with Crippen LogP contribution in [0.15, 0.2) is 59.9 Å². The van der Waals surface area contributed by atoms with E-state index in [4.69, 9.17) is 18.9 Å². The van der Waals surface area contributed by atoms with Gasteiger partial charge in [-0.25, -0.2) is 0 Å². The first-order valence-electron chi connectivity index (χ1n) is 12.9. The second-order valence-corrected chi connectivity index (χ2v) is 9.36. The first-order valence-corrected chi connectivity index (χ1v) is 12.9. The molecule has 0 aliphatic rings. The van der Waals surface area contributed by atoms with Gasteiger partial charge in [-0.1, -0.05) is 12.7 Å². The highest BCUT2D eigenvalue weighted by atomic mass is 16.5. The smallest absolute Gasteiger partial charge is 0.126 e. The average molecular weight is 559 g/mol. The van der Waals surface area contributed by atoms with Crippen LogP contribution in [-0.2, 0) is 45.4 Å². The maximum Gasteiger partial charge on any atom is 0.126 e. The number of rotatable bonds is 17. The molecule has 2 aromatic carbocycles. The molecule has 9 nitrogen and oxygen atoms in total. The minimum Gasteiger partial charge on any atom is -0.508 e.